The van der Waals surface area contributed by atoms with Crippen molar-refractivity contribution >= 4 is 17.3 Å². The summed E-state index contributed by atoms with van der Waals surface area (Å²) in [5.41, 5.74) is 8.34. The van der Waals surface area contributed by atoms with Crippen LogP contribution in [0.25, 0.3) is 0 Å². The molecule has 3 nitrogen and oxygen atoms in total. The number of nitrogen functional groups attached to an aromatic ring is 1. The number of hydrogen-bond acceptors (Lipinski definition) is 2. The van der Waals surface area contributed by atoms with E-state index in [0.29, 0.717) is 16.9 Å². The molecule has 18 heavy (non-hydrogen) atoms. The summed E-state index contributed by atoms with van der Waals surface area (Å²) in [6, 6.07) is 10.6. The molecule has 92 valence electrons. The van der Waals surface area contributed by atoms with Crippen molar-refractivity contribution in [1.29, 1.82) is 0 Å². The molecule has 0 bridgehead atoms. The second-order valence-electron chi connectivity index (χ2n) is 4.03. The third-order valence-corrected chi connectivity index (χ3v) is 2.63. The number of halogens is 1. The molecule has 4 heteroatoms. The third-order valence-electron chi connectivity index (χ3n) is 2.63. The van der Waals surface area contributed by atoms with E-state index in [9.17, 15) is 9.18 Å². The molecule has 0 saturated heterocycles. The first-order valence-corrected chi connectivity index (χ1v) is 5.49. The summed E-state index contributed by atoms with van der Waals surface area (Å²) in [7, 11) is 0. The molecule has 0 heterocycles. The van der Waals surface area contributed by atoms with Gasteiger partial charge in [-0.25, -0.2) is 4.39 Å². The molecule has 0 aromatic heterocycles. The Balaban J connectivity index is 2.16. The van der Waals surface area contributed by atoms with Gasteiger partial charge >= 0.3 is 0 Å². The highest BCUT2D eigenvalue weighted by atomic mass is 19.1. The second kappa shape index (κ2) is 4.87. The average Bonchev–Trinajstić information content (AvgIpc) is 2.34. The van der Waals surface area contributed by atoms with Gasteiger partial charge in [0, 0.05) is 16.9 Å². The third kappa shape index (κ3) is 2.66. The minimum Gasteiger partial charge on any atom is -0.399 e. The number of amides is 1. The Morgan fingerprint density at radius 3 is 2.44 bits per heavy atom. The maximum Gasteiger partial charge on any atom is 0.255 e. The minimum atomic E-state index is -0.366. The Morgan fingerprint density at radius 1 is 1.17 bits per heavy atom. The van der Waals surface area contributed by atoms with E-state index < -0.39 is 0 Å². The summed E-state index contributed by atoms with van der Waals surface area (Å²) in [5, 5.41) is 2.73. The number of carbonyl (C=O) groups excluding carboxylic acids is 1. The van der Waals surface area contributed by atoms with Crippen LogP contribution in [0.5, 0.6) is 0 Å². The summed E-state index contributed by atoms with van der Waals surface area (Å²) in [6.07, 6.45) is 0. The number of carbonyl (C=O) groups is 1. The number of hydrogen-bond donors (Lipinski definition) is 2. The minimum absolute atomic E-state index is 0.279. The zero-order chi connectivity index (χ0) is 13.1. The summed E-state index contributed by atoms with van der Waals surface area (Å²) in [5.74, 6) is -0.644. The van der Waals surface area contributed by atoms with Gasteiger partial charge in [-0.05, 0) is 55.0 Å². The zero-order valence-electron chi connectivity index (χ0n) is 9.91. The number of rotatable bonds is 2. The van der Waals surface area contributed by atoms with Crippen LogP contribution in [-0.2, 0) is 0 Å². The zero-order valence-corrected chi connectivity index (χ0v) is 9.91. The van der Waals surface area contributed by atoms with Crippen LogP contribution in [-0.4, -0.2) is 5.91 Å². The molecule has 0 radical (unpaired) electrons. The molecular weight excluding hydrogens is 231 g/mol. The quantitative estimate of drug-likeness (QED) is 0.798. The van der Waals surface area contributed by atoms with Crippen LogP contribution < -0.4 is 11.1 Å². The van der Waals surface area contributed by atoms with Crippen molar-refractivity contribution in [2.45, 2.75) is 6.92 Å². The van der Waals surface area contributed by atoms with Crippen LogP contribution in [0.3, 0.4) is 0 Å². The molecule has 0 aliphatic rings. The fraction of sp³-hybridized carbons (Fsp3) is 0.0714. The van der Waals surface area contributed by atoms with Crippen LogP contribution in [0.1, 0.15) is 15.9 Å². The van der Waals surface area contributed by atoms with Gasteiger partial charge in [-0.15, -0.1) is 0 Å². The van der Waals surface area contributed by atoms with Gasteiger partial charge in [0.25, 0.3) is 5.91 Å². The van der Waals surface area contributed by atoms with E-state index >= 15 is 0 Å². The molecule has 0 saturated carbocycles. The SMILES string of the molecule is Cc1cc(NC(=O)c2ccc(F)cc2)ccc1N. The van der Waals surface area contributed by atoms with Crippen LogP contribution in [0.2, 0.25) is 0 Å². The smallest absolute Gasteiger partial charge is 0.255 e. The Labute approximate surface area is 104 Å². The largest absolute Gasteiger partial charge is 0.399 e. The summed E-state index contributed by atoms with van der Waals surface area (Å²) >= 11 is 0. The predicted octanol–water partition coefficient (Wildman–Crippen LogP) is 2.97. The molecule has 0 aliphatic heterocycles. The molecular formula is C14H13FN2O. The standard InChI is InChI=1S/C14H13FN2O/c1-9-8-12(6-7-13(9)16)17-14(18)10-2-4-11(15)5-3-10/h2-8H,16H2,1H3,(H,17,18). The van der Waals surface area contributed by atoms with Crippen molar-refractivity contribution < 1.29 is 9.18 Å². The van der Waals surface area contributed by atoms with Gasteiger partial charge in [-0.1, -0.05) is 0 Å². The number of benzene rings is 2. The van der Waals surface area contributed by atoms with Crippen LogP contribution >= 0.6 is 0 Å². The molecule has 2 aromatic rings. The van der Waals surface area contributed by atoms with Crippen molar-refractivity contribution in [2.24, 2.45) is 0 Å². The van der Waals surface area contributed by atoms with Crippen LogP contribution in [0.4, 0.5) is 15.8 Å². The van der Waals surface area contributed by atoms with E-state index in [4.69, 9.17) is 5.73 Å². The molecule has 1 amide bonds. The summed E-state index contributed by atoms with van der Waals surface area (Å²) < 4.78 is 12.7. The number of anilines is 2. The van der Waals surface area contributed by atoms with Crippen LogP contribution in [0.15, 0.2) is 42.5 Å². The van der Waals surface area contributed by atoms with E-state index in [1.54, 1.807) is 18.2 Å². The van der Waals surface area contributed by atoms with Crippen molar-refractivity contribution in [2.75, 3.05) is 11.1 Å². The van der Waals surface area contributed by atoms with Gasteiger partial charge < -0.3 is 11.1 Å². The Morgan fingerprint density at radius 2 is 1.83 bits per heavy atom. The maximum absolute atomic E-state index is 12.7. The molecule has 0 fully saturated rings. The van der Waals surface area contributed by atoms with Gasteiger partial charge in [-0.3, -0.25) is 4.79 Å². The lowest BCUT2D eigenvalue weighted by atomic mass is 10.1. The van der Waals surface area contributed by atoms with Gasteiger partial charge in [0.2, 0.25) is 0 Å². The predicted molar refractivity (Wildman–Crippen MR) is 69.9 cm³/mol. The van der Waals surface area contributed by atoms with E-state index in [1.807, 2.05) is 6.92 Å². The highest BCUT2D eigenvalue weighted by Crippen LogP contribution is 2.17. The Bertz CT molecular complexity index is 579. The lowest BCUT2D eigenvalue weighted by molar-refractivity contribution is 0.102. The summed E-state index contributed by atoms with van der Waals surface area (Å²) in [6.45, 7) is 1.86. The Kier molecular flexibility index (Phi) is 3.28. The number of aryl methyl sites for hydroxylation is 1. The molecule has 0 unspecified atom stereocenters. The first kappa shape index (κ1) is 12.1. The monoisotopic (exact) mass is 244 g/mol. The lowest BCUT2D eigenvalue weighted by Crippen LogP contribution is -2.12. The first-order chi connectivity index (χ1) is 8.56. The second-order valence-corrected chi connectivity index (χ2v) is 4.03. The normalized spacial score (nSPS) is 10.1. The summed E-state index contributed by atoms with van der Waals surface area (Å²) in [4.78, 5) is 11.9. The van der Waals surface area contributed by atoms with Crippen molar-refractivity contribution in [1.82, 2.24) is 0 Å². The lowest BCUT2D eigenvalue weighted by Gasteiger charge is -2.07. The molecule has 0 atom stereocenters. The van der Waals surface area contributed by atoms with Gasteiger partial charge in [-0.2, -0.15) is 0 Å². The van der Waals surface area contributed by atoms with Crippen molar-refractivity contribution in [3.05, 3.63) is 59.4 Å². The average molecular weight is 244 g/mol. The fourth-order valence-corrected chi connectivity index (χ4v) is 1.56. The van der Waals surface area contributed by atoms with Crippen molar-refractivity contribution in [3.63, 3.8) is 0 Å². The van der Waals surface area contributed by atoms with Gasteiger partial charge in [0.15, 0.2) is 0 Å². The highest BCUT2D eigenvalue weighted by molar-refractivity contribution is 6.04. The molecule has 0 spiro atoms. The molecule has 3 N–H and O–H groups in total. The topological polar surface area (TPSA) is 55.1 Å². The highest BCUT2D eigenvalue weighted by Gasteiger charge is 2.06. The first-order valence-electron chi connectivity index (χ1n) is 5.49. The van der Waals surface area contributed by atoms with E-state index in [0.717, 1.165) is 5.56 Å². The molecule has 2 rings (SSSR count). The van der Waals surface area contributed by atoms with Gasteiger partial charge in [0.1, 0.15) is 5.82 Å². The van der Waals surface area contributed by atoms with E-state index in [2.05, 4.69) is 5.32 Å². The van der Waals surface area contributed by atoms with Crippen LogP contribution in [0, 0.1) is 12.7 Å². The number of nitrogens with one attached hydrogen (secondary N) is 1. The van der Waals surface area contributed by atoms with E-state index in [1.165, 1.54) is 24.3 Å². The van der Waals surface area contributed by atoms with Gasteiger partial charge in [0.05, 0.1) is 0 Å². The Hall–Kier alpha value is -2.36. The molecule has 0 aliphatic carbocycles. The maximum atomic E-state index is 12.7. The molecule has 2 aromatic carbocycles. The number of nitrogens with two attached hydrogens (primary N) is 1. The van der Waals surface area contributed by atoms with E-state index in [-0.39, 0.29) is 11.7 Å². The fourth-order valence-electron chi connectivity index (χ4n) is 1.56. The van der Waals surface area contributed by atoms with Crippen molar-refractivity contribution in [3.8, 4) is 0 Å².